The van der Waals surface area contributed by atoms with E-state index in [-0.39, 0.29) is 5.91 Å². The van der Waals surface area contributed by atoms with Gasteiger partial charge in [-0.05, 0) is 32.0 Å². The van der Waals surface area contributed by atoms with Gasteiger partial charge >= 0.3 is 0 Å². The molecule has 0 spiro atoms. The second kappa shape index (κ2) is 4.23. The van der Waals surface area contributed by atoms with Crippen molar-refractivity contribution in [3.63, 3.8) is 0 Å². The molecule has 20 heavy (non-hydrogen) atoms. The van der Waals surface area contributed by atoms with Crippen LogP contribution in [-0.4, -0.2) is 22.2 Å². The van der Waals surface area contributed by atoms with Gasteiger partial charge in [-0.25, -0.2) is 0 Å². The molecular weight excluding hydrogens is 254 g/mol. The molecule has 2 aromatic heterocycles. The number of aromatic nitrogens is 2. The average molecular weight is 267 g/mol. The molecule has 0 N–H and O–H groups in total. The van der Waals surface area contributed by atoms with Crippen LogP contribution in [0.3, 0.4) is 0 Å². The Bertz CT molecular complexity index is 710. The largest absolute Gasteiger partial charge is 0.298 e. The number of anilines is 2. The molecule has 0 bridgehead atoms. The lowest BCUT2D eigenvalue weighted by atomic mass is 9.90. The maximum absolute atomic E-state index is 12.7. The number of carbonyl (C=O) groups excluding carboxylic acids is 2. The molecule has 100 valence electrons. The van der Waals surface area contributed by atoms with Gasteiger partial charge in [0.2, 0.25) is 5.91 Å². The number of hydrogen-bond donors (Lipinski definition) is 0. The summed E-state index contributed by atoms with van der Waals surface area (Å²) in [6.07, 6.45) is 5.43. The number of hydrogen-bond acceptors (Lipinski definition) is 4. The molecule has 0 saturated carbocycles. The van der Waals surface area contributed by atoms with Gasteiger partial charge in [0.25, 0.3) is 0 Å². The first kappa shape index (κ1) is 12.5. The molecule has 0 radical (unpaired) electrons. The molecule has 0 aliphatic carbocycles. The first-order valence-electron chi connectivity index (χ1n) is 6.26. The van der Waals surface area contributed by atoms with Crippen molar-refractivity contribution in [3.8, 4) is 0 Å². The topological polar surface area (TPSA) is 63.2 Å². The SMILES string of the molecule is CC1(C)C(=O)N(c2cncc(C=O)c2)c2cccnc21. The Kier molecular flexibility index (Phi) is 2.64. The van der Waals surface area contributed by atoms with E-state index < -0.39 is 5.41 Å². The molecule has 0 fully saturated rings. The number of carbonyl (C=O) groups is 2. The Labute approximate surface area is 116 Å². The monoisotopic (exact) mass is 267 g/mol. The highest BCUT2D eigenvalue weighted by atomic mass is 16.2. The zero-order valence-corrected chi connectivity index (χ0v) is 11.2. The van der Waals surface area contributed by atoms with E-state index in [2.05, 4.69) is 9.97 Å². The van der Waals surface area contributed by atoms with Gasteiger partial charge in [0, 0.05) is 18.0 Å². The van der Waals surface area contributed by atoms with Gasteiger partial charge in [0.15, 0.2) is 6.29 Å². The van der Waals surface area contributed by atoms with Gasteiger partial charge in [-0.15, -0.1) is 0 Å². The molecule has 1 amide bonds. The van der Waals surface area contributed by atoms with Crippen LogP contribution in [0, 0.1) is 0 Å². The second-order valence-corrected chi connectivity index (χ2v) is 5.23. The number of aldehydes is 1. The molecule has 5 heteroatoms. The number of rotatable bonds is 2. The lowest BCUT2D eigenvalue weighted by Gasteiger charge is -2.19. The summed E-state index contributed by atoms with van der Waals surface area (Å²) in [7, 11) is 0. The first-order valence-corrected chi connectivity index (χ1v) is 6.26. The zero-order chi connectivity index (χ0) is 14.3. The quantitative estimate of drug-likeness (QED) is 0.783. The standard InChI is InChI=1S/C15H13N3O2/c1-15(2)13-12(4-3-5-17-13)18(14(15)20)11-6-10(9-19)7-16-8-11/h3-9H,1-2H3. The van der Waals surface area contributed by atoms with Gasteiger partial charge < -0.3 is 0 Å². The van der Waals surface area contributed by atoms with Gasteiger partial charge in [-0.3, -0.25) is 24.5 Å². The van der Waals surface area contributed by atoms with E-state index in [0.29, 0.717) is 17.5 Å². The fourth-order valence-electron chi connectivity index (χ4n) is 2.44. The summed E-state index contributed by atoms with van der Waals surface area (Å²) >= 11 is 0. The van der Waals surface area contributed by atoms with Crippen LogP contribution in [0.5, 0.6) is 0 Å². The summed E-state index contributed by atoms with van der Waals surface area (Å²) in [5.74, 6) is -0.0731. The number of pyridine rings is 2. The van der Waals surface area contributed by atoms with Gasteiger partial charge in [-0.2, -0.15) is 0 Å². The van der Waals surface area contributed by atoms with Crippen molar-refractivity contribution in [1.82, 2.24) is 9.97 Å². The molecule has 0 aromatic carbocycles. The molecule has 0 unspecified atom stereocenters. The number of nitrogens with zero attached hydrogens (tertiary/aromatic N) is 3. The second-order valence-electron chi connectivity index (χ2n) is 5.23. The maximum atomic E-state index is 12.7. The molecule has 3 heterocycles. The minimum absolute atomic E-state index is 0.0731. The fraction of sp³-hybridized carbons (Fsp3) is 0.200. The third-order valence-corrected chi connectivity index (χ3v) is 3.50. The maximum Gasteiger partial charge on any atom is 0.243 e. The van der Waals surface area contributed by atoms with Crippen LogP contribution in [0.1, 0.15) is 29.9 Å². The molecule has 5 nitrogen and oxygen atoms in total. The van der Waals surface area contributed by atoms with E-state index in [1.165, 1.54) is 6.20 Å². The smallest absolute Gasteiger partial charge is 0.243 e. The van der Waals surface area contributed by atoms with Crippen molar-refractivity contribution >= 4 is 23.6 Å². The van der Waals surface area contributed by atoms with E-state index in [1.54, 1.807) is 29.4 Å². The van der Waals surface area contributed by atoms with Crippen molar-refractivity contribution in [3.05, 3.63) is 48.0 Å². The molecular formula is C15H13N3O2. The summed E-state index contributed by atoms with van der Waals surface area (Å²) in [6.45, 7) is 3.69. The zero-order valence-electron chi connectivity index (χ0n) is 11.2. The van der Waals surface area contributed by atoms with E-state index in [1.807, 2.05) is 19.9 Å². The molecule has 2 aromatic rings. The summed E-state index contributed by atoms with van der Waals surface area (Å²) in [6, 6.07) is 5.29. The number of amides is 1. The Hall–Kier alpha value is -2.56. The van der Waals surface area contributed by atoms with Crippen LogP contribution < -0.4 is 4.90 Å². The fourth-order valence-corrected chi connectivity index (χ4v) is 2.44. The van der Waals surface area contributed by atoms with Crippen LogP contribution in [0.25, 0.3) is 0 Å². The Balaban J connectivity index is 2.19. The van der Waals surface area contributed by atoms with Crippen LogP contribution in [0.15, 0.2) is 36.8 Å². The Morgan fingerprint density at radius 2 is 2.10 bits per heavy atom. The summed E-state index contributed by atoms with van der Waals surface area (Å²) < 4.78 is 0. The average Bonchev–Trinajstić information content (AvgIpc) is 2.67. The van der Waals surface area contributed by atoms with Crippen molar-refractivity contribution in [2.24, 2.45) is 0 Å². The minimum Gasteiger partial charge on any atom is -0.298 e. The van der Waals surface area contributed by atoms with E-state index in [9.17, 15) is 9.59 Å². The van der Waals surface area contributed by atoms with E-state index in [0.717, 1.165) is 11.4 Å². The highest BCUT2D eigenvalue weighted by molar-refractivity contribution is 6.12. The van der Waals surface area contributed by atoms with Crippen LogP contribution >= 0.6 is 0 Å². The summed E-state index contributed by atoms with van der Waals surface area (Å²) in [5, 5.41) is 0. The van der Waals surface area contributed by atoms with Crippen molar-refractivity contribution in [1.29, 1.82) is 0 Å². The Morgan fingerprint density at radius 1 is 1.30 bits per heavy atom. The molecule has 1 aliphatic heterocycles. The molecule has 3 rings (SSSR count). The normalized spacial score (nSPS) is 16.1. The first-order chi connectivity index (χ1) is 9.55. The molecule has 0 atom stereocenters. The van der Waals surface area contributed by atoms with Crippen molar-refractivity contribution in [2.75, 3.05) is 4.90 Å². The van der Waals surface area contributed by atoms with Crippen molar-refractivity contribution < 1.29 is 9.59 Å². The third-order valence-electron chi connectivity index (χ3n) is 3.50. The van der Waals surface area contributed by atoms with Crippen LogP contribution in [0.2, 0.25) is 0 Å². The lowest BCUT2D eigenvalue weighted by Crippen LogP contribution is -2.33. The van der Waals surface area contributed by atoms with Crippen LogP contribution in [-0.2, 0) is 10.2 Å². The lowest BCUT2D eigenvalue weighted by molar-refractivity contribution is -0.121. The predicted molar refractivity (Wildman–Crippen MR) is 74.0 cm³/mol. The van der Waals surface area contributed by atoms with E-state index >= 15 is 0 Å². The van der Waals surface area contributed by atoms with E-state index in [4.69, 9.17) is 0 Å². The predicted octanol–water partition coefficient (Wildman–Crippen LogP) is 2.25. The highest BCUT2D eigenvalue weighted by Crippen LogP contribution is 2.43. The molecule has 1 aliphatic rings. The highest BCUT2D eigenvalue weighted by Gasteiger charge is 2.45. The Morgan fingerprint density at radius 3 is 2.85 bits per heavy atom. The molecule has 0 saturated heterocycles. The van der Waals surface area contributed by atoms with Crippen molar-refractivity contribution in [2.45, 2.75) is 19.3 Å². The number of fused-ring (bicyclic) bond motifs is 1. The minimum atomic E-state index is -0.687. The third kappa shape index (κ3) is 1.63. The summed E-state index contributed by atoms with van der Waals surface area (Å²) in [5.41, 5.74) is 1.81. The van der Waals surface area contributed by atoms with Gasteiger partial charge in [-0.1, -0.05) is 0 Å². The summed E-state index contributed by atoms with van der Waals surface area (Å²) in [4.78, 5) is 33.4. The van der Waals surface area contributed by atoms with Crippen LogP contribution in [0.4, 0.5) is 11.4 Å². The van der Waals surface area contributed by atoms with Gasteiger partial charge in [0.05, 0.1) is 28.7 Å². The van der Waals surface area contributed by atoms with Gasteiger partial charge in [0.1, 0.15) is 0 Å².